The van der Waals surface area contributed by atoms with Crippen LogP contribution in [0.2, 0.25) is 0 Å². The first-order chi connectivity index (χ1) is 8.93. The summed E-state index contributed by atoms with van der Waals surface area (Å²) >= 11 is 0. The highest BCUT2D eigenvalue weighted by molar-refractivity contribution is 6.17. The van der Waals surface area contributed by atoms with Gasteiger partial charge in [-0.05, 0) is 31.9 Å². The van der Waals surface area contributed by atoms with Crippen molar-refractivity contribution in [1.82, 2.24) is 0 Å². The maximum Gasteiger partial charge on any atom is 0.345 e. The van der Waals surface area contributed by atoms with Crippen molar-refractivity contribution >= 4 is 18.0 Å². The molecule has 0 saturated heterocycles. The van der Waals surface area contributed by atoms with Crippen molar-refractivity contribution in [2.45, 2.75) is 33.3 Å². The van der Waals surface area contributed by atoms with Crippen LogP contribution in [0.1, 0.15) is 31.4 Å². The second-order valence-corrected chi connectivity index (χ2v) is 4.40. The van der Waals surface area contributed by atoms with Crippen LogP contribution in [0, 0.1) is 6.92 Å². The molecule has 1 aromatic carbocycles. The van der Waals surface area contributed by atoms with Gasteiger partial charge in [-0.2, -0.15) is 0 Å². The molecule has 0 aromatic heterocycles. The molecule has 1 N–H and O–H groups in total. The minimum atomic E-state index is -1.28. The van der Waals surface area contributed by atoms with Gasteiger partial charge in [0.05, 0.1) is 6.10 Å². The van der Waals surface area contributed by atoms with Crippen molar-refractivity contribution in [1.29, 1.82) is 0 Å². The number of carbonyl (C=O) groups excluding carboxylic acids is 1. The van der Waals surface area contributed by atoms with Crippen LogP contribution >= 0.6 is 0 Å². The van der Waals surface area contributed by atoms with E-state index in [0.29, 0.717) is 12.0 Å². The molecule has 0 aliphatic carbocycles. The van der Waals surface area contributed by atoms with E-state index in [9.17, 15) is 9.59 Å². The zero-order valence-electron chi connectivity index (χ0n) is 11.3. The summed E-state index contributed by atoms with van der Waals surface area (Å²) in [6.07, 6.45) is 1.68. The monoisotopic (exact) mass is 262 g/mol. The second kappa shape index (κ2) is 6.73. The molecule has 4 nitrogen and oxygen atoms in total. The molecule has 0 spiro atoms. The van der Waals surface area contributed by atoms with Gasteiger partial charge in [-0.3, -0.25) is 0 Å². The first kappa shape index (κ1) is 15.0. The lowest BCUT2D eigenvalue weighted by molar-refractivity contribution is -0.147. The Bertz CT molecular complexity index is 503. The van der Waals surface area contributed by atoms with E-state index in [4.69, 9.17) is 9.84 Å². The average Bonchev–Trinajstić information content (AvgIpc) is 2.35. The number of hydrogen-bond acceptors (Lipinski definition) is 3. The number of carboxylic acids is 1. The van der Waals surface area contributed by atoms with Gasteiger partial charge >= 0.3 is 11.9 Å². The van der Waals surface area contributed by atoms with Gasteiger partial charge in [-0.1, -0.05) is 36.8 Å². The molecule has 102 valence electrons. The number of aliphatic carboxylic acids is 1. The summed E-state index contributed by atoms with van der Waals surface area (Å²) in [5, 5.41) is 9.09. The first-order valence-electron chi connectivity index (χ1n) is 6.16. The molecule has 0 radical (unpaired) electrons. The SMILES string of the molecule is CCC(C)OC(=O)C(=Cc1cccc(C)c1)C(=O)O. The molecule has 19 heavy (non-hydrogen) atoms. The zero-order chi connectivity index (χ0) is 14.4. The number of esters is 1. The molecule has 0 heterocycles. The number of hydrogen-bond donors (Lipinski definition) is 1. The average molecular weight is 262 g/mol. The lowest BCUT2D eigenvalue weighted by atomic mass is 10.1. The molecule has 1 atom stereocenters. The Morgan fingerprint density at radius 2 is 2.11 bits per heavy atom. The first-order valence-corrected chi connectivity index (χ1v) is 6.16. The lowest BCUT2D eigenvalue weighted by Crippen LogP contribution is -2.20. The van der Waals surface area contributed by atoms with Crippen LogP contribution in [-0.4, -0.2) is 23.1 Å². The van der Waals surface area contributed by atoms with Crippen molar-refractivity contribution in [3.8, 4) is 0 Å². The third kappa shape index (κ3) is 4.58. The van der Waals surface area contributed by atoms with Gasteiger partial charge in [-0.25, -0.2) is 9.59 Å². The number of rotatable bonds is 5. The fourth-order valence-electron chi connectivity index (χ4n) is 1.46. The minimum absolute atomic E-state index is 0.298. The summed E-state index contributed by atoms with van der Waals surface area (Å²) in [6, 6.07) is 7.25. The van der Waals surface area contributed by atoms with Crippen LogP contribution < -0.4 is 0 Å². The predicted molar refractivity (Wildman–Crippen MR) is 72.6 cm³/mol. The molecule has 0 amide bonds. The number of aryl methyl sites for hydroxylation is 1. The van der Waals surface area contributed by atoms with Crippen LogP contribution in [0.3, 0.4) is 0 Å². The molecule has 1 aromatic rings. The van der Waals surface area contributed by atoms with Gasteiger partial charge in [-0.15, -0.1) is 0 Å². The zero-order valence-corrected chi connectivity index (χ0v) is 11.3. The van der Waals surface area contributed by atoms with Crippen LogP contribution in [0.25, 0.3) is 6.08 Å². The lowest BCUT2D eigenvalue weighted by Gasteiger charge is -2.11. The van der Waals surface area contributed by atoms with Crippen LogP contribution in [0.4, 0.5) is 0 Å². The standard InChI is InChI=1S/C15H18O4/c1-4-11(3)19-15(18)13(14(16)17)9-12-7-5-6-10(2)8-12/h5-9,11H,4H2,1-3H3,(H,16,17). The number of carbonyl (C=O) groups is 2. The Kier molecular flexibility index (Phi) is 5.30. The summed E-state index contributed by atoms with van der Waals surface area (Å²) in [6.45, 7) is 5.49. The largest absolute Gasteiger partial charge is 0.477 e. The summed E-state index contributed by atoms with van der Waals surface area (Å²) in [4.78, 5) is 22.9. The molecule has 0 fully saturated rings. The van der Waals surface area contributed by atoms with Crippen molar-refractivity contribution in [3.63, 3.8) is 0 Å². The molecule has 0 aliphatic rings. The molecule has 0 saturated carbocycles. The normalized spacial score (nSPS) is 12.9. The fraction of sp³-hybridized carbons (Fsp3) is 0.333. The Balaban J connectivity index is 3.01. The molecular weight excluding hydrogens is 244 g/mol. The van der Waals surface area contributed by atoms with Crippen molar-refractivity contribution in [3.05, 3.63) is 41.0 Å². The molecule has 0 aliphatic heterocycles. The van der Waals surface area contributed by atoms with E-state index in [0.717, 1.165) is 5.56 Å². The molecule has 1 unspecified atom stereocenters. The van der Waals surface area contributed by atoms with E-state index in [-0.39, 0.29) is 11.7 Å². The quantitative estimate of drug-likeness (QED) is 0.383. The van der Waals surface area contributed by atoms with Crippen molar-refractivity contribution in [2.75, 3.05) is 0 Å². The highest BCUT2D eigenvalue weighted by Crippen LogP contribution is 2.12. The fourth-order valence-corrected chi connectivity index (χ4v) is 1.46. The number of carboxylic acid groups (broad SMARTS) is 1. The maximum absolute atomic E-state index is 11.8. The molecule has 4 heteroatoms. The smallest absolute Gasteiger partial charge is 0.345 e. The molecule has 0 bridgehead atoms. The third-order valence-corrected chi connectivity index (χ3v) is 2.69. The third-order valence-electron chi connectivity index (χ3n) is 2.69. The molecular formula is C15H18O4. The van der Waals surface area contributed by atoms with E-state index >= 15 is 0 Å². The number of benzene rings is 1. The second-order valence-electron chi connectivity index (χ2n) is 4.40. The Morgan fingerprint density at radius 1 is 1.42 bits per heavy atom. The van der Waals surface area contributed by atoms with Gasteiger partial charge in [0.2, 0.25) is 0 Å². The predicted octanol–water partition coefficient (Wildman–Crippen LogP) is 2.80. The van der Waals surface area contributed by atoms with E-state index < -0.39 is 11.9 Å². The van der Waals surface area contributed by atoms with Crippen LogP contribution in [-0.2, 0) is 14.3 Å². The van der Waals surface area contributed by atoms with Gasteiger partial charge in [0.25, 0.3) is 0 Å². The number of ether oxygens (including phenoxy) is 1. The summed E-state index contributed by atoms with van der Waals surface area (Å²) in [5.41, 5.74) is 1.30. The highest BCUT2D eigenvalue weighted by Gasteiger charge is 2.20. The van der Waals surface area contributed by atoms with Gasteiger partial charge < -0.3 is 9.84 Å². The van der Waals surface area contributed by atoms with E-state index in [2.05, 4.69) is 0 Å². The highest BCUT2D eigenvalue weighted by atomic mass is 16.5. The molecule has 1 rings (SSSR count). The van der Waals surface area contributed by atoms with E-state index in [1.54, 1.807) is 25.1 Å². The maximum atomic E-state index is 11.8. The summed E-state index contributed by atoms with van der Waals surface area (Å²) < 4.78 is 5.04. The van der Waals surface area contributed by atoms with E-state index in [1.165, 1.54) is 6.08 Å². The summed E-state index contributed by atoms with van der Waals surface area (Å²) in [7, 11) is 0. The Hall–Kier alpha value is -2.10. The minimum Gasteiger partial charge on any atom is -0.477 e. The van der Waals surface area contributed by atoms with E-state index in [1.807, 2.05) is 19.9 Å². The Labute approximate surface area is 112 Å². The van der Waals surface area contributed by atoms with Crippen molar-refractivity contribution < 1.29 is 19.4 Å². The van der Waals surface area contributed by atoms with Gasteiger partial charge in [0, 0.05) is 0 Å². The van der Waals surface area contributed by atoms with Crippen LogP contribution in [0.5, 0.6) is 0 Å². The van der Waals surface area contributed by atoms with Crippen LogP contribution in [0.15, 0.2) is 29.8 Å². The van der Waals surface area contributed by atoms with Gasteiger partial charge in [0.1, 0.15) is 5.57 Å². The summed E-state index contributed by atoms with van der Waals surface area (Å²) in [5.74, 6) is -2.09. The van der Waals surface area contributed by atoms with Crippen molar-refractivity contribution in [2.24, 2.45) is 0 Å². The topological polar surface area (TPSA) is 63.6 Å². The van der Waals surface area contributed by atoms with Gasteiger partial charge in [0.15, 0.2) is 0 Å². The Morgan fingerprint density at radius 3 is 2.63 bits per heavy atom.